The number of hydrogen-bond acceptors (Lipinski definition) is 3. The molecule has 0 radical (unpaired) electrons. The Bertz CT molecular complexity index is 647. The van der Waals surface area contributed by atoms with Gasteiger partial charge in [0, 0.05) is 18.8 Å². The summed E-state index contributed by atoms with van der Waals surface area (Å²) in [5, 5.41) is 4.29. The molecular formula is C18H19N3. The van der Waals surface area contributed by atoms with E-state index in [-0.39, 0.29) is 0 Å². The summed E-state index contributed by atoms with van der Waals surface area (Å²) >= 11 is 0. The number of benzene rings is 2. The average Bonchev–Trinajstić information content (AvgIpc) is 2.91. The maximum Gasteiger partial charge on any atom is 0.0561 e. The number of nitrogens with one attached hydrogen (secondary N) is 1. The predicted octanol–water partition coefficient (Wildman–Crippen LogP) is 3.68. The summed E-state index contributed by atoms with van der Waals surface area (Å²) < 4.78 is 0. The highest BCUT2D eigenvalue weighted by Gasteiger charge is 2.17. The fourth-order valence-electron chi connectivity index (χ4n) is 2.61. The Labute approximate surface area is 125 Å². The van der Waals surface area contributed by atoms with Crippen LogP contribution in [0.5, 0.6) is 0 Å². The molecule has 3 rings (SSSR count). The molecule has 2 aromatic rings. The molecule has 0 unspecified atom stereocenters. The maximum atomic E-state index is 4.29. The summed E-state index contributed by atoms with van der Waals surface area (Å²) in [6.45, 7) is 5.80. The molecule has 0 bridgehead atoms. The molecular weight excluding hydrogens is 258 g/mol. The smallest absolute Gasteiger partial charge is 0.0561 e. The highest BCUT2D eigenvalue weighted by Crippen LogP contribution is 2.28. The van der Waals surface area contributed by atoms with Crippen LogP contribution in [-0.4, -0.2) is 19.3 Å². The van der Waals surface area contributed by atoms with Crippen LogP contribution in [0.15, 0.2) is 66.3 Å². The summed E-state index contributed by atoms with van der Waals surface area (Å²) in [7, 11) is 0. The van der Waals surface area contributed by atoms with E-state index in [1.807, 2.05) is 42.6 Å². The Morgan fingerprint density at radius 1 is 1.19 bits per heavy atom. The van der Waals surface area contributed by atoms with E-state index in [0.29, 0.717) is 0 Å². The Kier molecular flexibility index (Phi) is 4.01. The summed E-state index contributed by atoms with van der Waals surface area (Å²) in [5.41, 5.74) is 7.86. The first kappa shape index (κ1) is 13.4. The van der Waals surface area contributed by atoms with Crippen LogP contribution in [0.4, 0.5) is 11.4 Å². The van der Waals surface area contributed by atoms with E-state index in [0.717, 1.165) is 30.8 Å². The lowest BCUT2D eigenvalue weighted by atomic mass is 10.1. The molecule has 1 aliphatic rings. The first-order valence-corrected chi connectivity index (χ1v) is 7.20. The molecule has 1 N–H and O–H groups in total. The topological polar surface area (TPSA) is 27.6 Å². The molecule has 0 saturated carbocycles. The molecule has 0 aliphatic carbocycles. The van der Waals surface area contributed by atoms with Crippen LogP contribution in [0.2, 0.25) is 0 Å². The molecule has 2 aromatic carbocycles. The fraction of sp³-hybridized carbons (Fsp3) is 0.167. The van der Waals surface area contributed by atoms with Gasteiger partial charge >= 0.3 is 0 Å². The van der Waals surface area contributed by atoms with Crippen LogP contribution < -0.4 is 10.3 Å². The quantitative estimate of drug-likeness (QED) is 0.513. The molecule has 0 fully saturated rings. The summed E-state index contributed by atoms with van der Waals surface area (Å²) in [6.07, 6.45) is 4.91. The third-order valence-corrected chi connectivity index (χ3v) is 3.63. The Morgan fingerprint density at radius 3 is 2.86 bits per heavy atom. The second-order valence-corrected chi connectivity index (χ2v) is 5.11. The number of nitrogens with zero attached hydrogens (tertiary/aromatic N) is 2. The Balaban J connectivity index is 1.69. The maximum absolute atomic E-state index is 4.29. The number of hydrogen-bond donors (Lipinski definition) is 1. The minimum absolute atomic E-state index is 0.913. The number of anilines is 2. The van der Waals surface area contributed by atoms with Crippen molar-refractivity contribution in [1.29, 1.82) is 0 Å². The van der Waals surface area contributed by atoms with Crippen LogP contribution in [-0.2, 0) is 6.42 Å². The standard InChI is InChI=1S/C18H19N3/c1-2-11-21-12-10-16-13-15(8-9-18(16)21)14-19-20-17-6-4-3-5-7-17/h2-9,13-14,20H,1,10-12H2. The summed E-state index contributed by atoms with van der Waals surface area (Å²) in [5.74, 6) is 0. The average molecular weight is 277 g/mol. The summed E-state index contributed by atoms with van der Waals surface area (Å²) in [6, 6.07) is 16.5. The molecule has 106 valence electrons. The molecule has 0 aromatic heterocycles. The van der Waals surface area contributed by atoms with Crippen LogP contribution in [0.3, 0.4) is 0 Å². The van der Waals surface area contributed by atoms with E-state index < -0.39 is 0 Å². The van der Waals surface area contributed by atoms with E-state index in [9.17, 15) is 0 Å². The van der Waals surface area contributed by atoms with Crippen LogP contribution >= 0.6 is 0 Å². The third kappa shape index (κ3) is 3.14. The lowest BCUT2D eigenvalue weighted by molar-refractivity contribution is 0.905. The van der Waals surface area contributed by atoms with Crippen molar-refractivity contribution in [3.63, 3.8) is 0 Å². The van der Waals surface area contributed by atoms with Gasteiger partial charge in [-0.15, -0.1) is 6.58 Å². The molecule has 0 saturated heterocycles. The van der Waals surface area contributed by atoms with Gasteiger partial charge in [0.2, 0.25) is 0 Å². The Morgan fingerprint density at radius 2 is 2.05 bits per heavy atom. The van der Waals surface area contributed by atoms with Crippen molar-refractivity contribution >= 4 is 17.6 Å². The second kappa shape index (κ2) is 6.27. The predicted molar refractivity (Wildman–Crippen MR) is 90.2 cm³/mol. The van der Waals surface area contributed by atoms with Gasteiger partial charge in [-0.05, 0) is 41.8 Å². The molecule has 3 nitrogen and oxygen atoms in total. The zero-order valence-electron chi connectivity index (χ0n) is 12.0. The first-order valence-electron chi connectivity index (χ1n) is 7.20. The van der Waals surface area contributed by atoms with Crippen molar-refractivity contribution in [3.8, 4) is 0 Å². The number of hydrazone groups is 1. The van der Waals surface area contributed by atoms with Gasteiger partial charge in [0.1, 0.15) is 0 Å². The first-order chi connectivity index (χ1) is 10.4. The van der Waals surface area contributed by atoms with E-state index in [1.54, 1.807) is 0 Å². The van der Waals surface area contributed by atoms with E-state index in [4.69, 9.17) is 0 Å². The van der Waals surface area contributed by atoms with Crippen molar-refractivity contribution < 1.29 is 0 Å². The van der Waals surface area contributed by atoms with Gasteiger partial charge in [-0.1, -0.05) is 30.3 Å². The normalized spacial score (nSPS) is 13.4. The highest BCUT2D eigenvalue weighted by atomic mass is 15.3. The zero-order valence-corrected chi connectivity index (χ0v) is 12.0. The Hall–Kier alpha value is -2.55. The van der Waals surface area contributed by atoms with Gasteiger partial charge in [0.15, 0.2) is 0 Å². The lowest BCUT2D eigenvalue weighted by Gasteiger charge is -2.16. The molecule has 3 heteroatoms. The molecule has 0 amide bonds. The fourth-order valence-corrected chi connectivity index (χ4v) is 2.61. The minimum Gasteiger partial charge on any atom is -0.367 e. The van der Waals surface area contributed by atoms with Crippen molar-refractivity contribution in [2.75, 3.05) is 23.4 Å². The van der Waals surface area contributed by atoms with Crippen LogP contribution in [0.1, 0.15) is 11.1 Å². The third-order valence-electron chi connectivity index (χ3n) is 3.63. The molecule has 1 heterocycles. The van der Waals surface area contributed by atoms with Gasteiger partial charge in [-0.3, -0.25) is 5.43 Å². The van der Waals surface area contributed by atoms with Gasteiger partial charge in [-0.2, -0.15) is 5.10 Å². The largest absolute Gasteiger partial charge is 0.367 e. The SMILES string of the molecule is C=CCN1CCc2cc(C=NNc3ccccc3)ccc21. The number of fused-ring (bicyclic) bond motifs is 1. The summed E-state index contributed by atoms with van der Waals surface area (Å²) in [4.78, 5) is 2.35. The lowest BCUT2D eigenvalue weighted by Crippen LogP contribution is -2.19. The number of para-hydroxylation sites is 1. The monoisotopic (exact) mass is 277 g/mol. The van der Waals surface area contributed by atoms with E-state index in [2.05, 4.69) is 40.2 Å². The minimum atomic E-state index is 0.913. The van der Waals surface area contributed by atoms with Gasteiger partial charge in [0.05, 0.1) is 11.9 Å². The van der Waals surface area contributed by atoms with Crippen molar-refractivity contribution in [1.82, 2.24) is 0 Å². The van der Waals surface area contributed by atoms with E-state index >= 15 is 0 Å². The second-order valence-electron chi connectivity index (χ2n) is 5.11. The molecule has 0 atom stereocenters. The molecule has 1 aliphatic heterocycles. The zero-order chi connectivity index (χ0) is 14.5. The van der Waals surface area contributed by atoms with E-state index in [1.165, 1.54) is 11.3 Å². The molecule has 0 spiro atoms. The molecule has 21 heavy (non-hydrogen) atoms. The van der Waals surface area contributed by atoms with Crippen molar-refractivity contribution in [2.24, 2.45) is 5.10 Å². The highest BCUT2D eigenvalue weighted by molar-refractivity contribution is 5.82. The van der Waals surface area contributed by atoms with Crippen LogP contribution in [0, 0.1) is 0 Å². The number of rotatable bonds is 5. The van der Waals surface area contributed by atoms with Crippen LogP contribution in [0.25, 0.3) is 0 Å². The van der Waals surface area contributed by atoms with Gasteiger partial charge < -0.3 is 4.90 Å². The van der Waals surface area contributed by atoms with Gasteiger partial charge in [-0.25, -0.2) is 0 Å². The van der Waals surface area contributed by atoms with Gasteiger partial charge in [0.25, 0.3) is 0 Å². The van der Waals surface area contributed by atoms with Crippen molar-refractivity contribution in [3.05, 3.63) is 72.3 Å². The van der Waals surface area contributed by atoms with Crippen molar-refractivity contribution in [2.45, 2.75) is 6.42 Å².